The van der Waals surface area contributed by atoms with E-state index in [0.717, 1.165) is 0 Å². The highest BCUT2D eigenvalue weighted by Gasteiger charge is 2.29. The maximum Gasteiger partial charge on any atom is 0.209 e. The minimum atomic E-state index is -2.81. The molecule has 0 aliphatic carbocycles. The largest absolute Gasteiger partial charge is 0.229 e. The van der Waals surface area contributed by atoms with Crippen LogP contribution in [0.2, 0.25) is 0 Å². The molecule has 0 spiro atoms. The summed E-state index contributed by atoms with van der Waals surface area (Å²) in [5.41, 5.74) is 0. The van der Waals surface area contributed by atoms with E-state index in [4.69, 9.17) is 0 Å². The van der Waals surface area contributed by atoms with Crippen LogP contribution in [0.1, 0.15) is 6.42 Å². The molecular formula is C6H10N4O2S2. The molecule has 0 aromatic carbocycles. The van der Waals surface area contributed by atoms with Crippen LogP contribution in [0.4, 0.5) is 0 Å². The zero-order valence-electron chi connectivity index (χ0n) is 7.62. The first-order valence-electron chi connectivity index (χ1n) is 4.16. The molecule has 1 unspecified atom stereocenters. The molecule has 0 bridgehead atoms. The van der Waals surface area contributed by atoms with Gasteiger partial charge < -0.3 is 0 Å². The minimum absolute atomic E-state index is 0.102. The van der Waals surface area contributed by atoms with Crippen molar-refractivity contribution in [1.29, 1.82) is 0 Å². The Labute approximate surface area is 86.0 Å². The number of aromatic nitrogens is 4. The van der Waals surface area contributed by atoms with Crippen LogP contribution >= 0.6 is 11.8 Å². The van der Waals surface area contributed by atoms with Gasteiger partial charge >= 0.3 is 0 Å². The van der Waals surface area contributed by atoms with Crippen LogP contribution in [-0.4, -0.2) is 45.4 Å². The number of thioether (sulfide) groups is 1. The van der Waals surface area contributed by atoms with E-state index in [2.05, 4.69) is 15.5 Å². The first-order valence-corrected chi connectivity index (χ1v) is 6.86. The Morgan fingerprint density at radius 3 is 2.86 bits per heavy atom. The molecule has 1 saturated heterocycles. The Hall–Kier alpha value is -0.630. The Kier molecular flexibility index (Phi) is 2.48. The van der Waals surface area contributed by atoms with Crippen molar-refractivity contribution in [2.45, 2.75) is 16.8 Å². The summed E-state index contributed by atoms with van der Waals surface area (Å²) in [5.74, 6) is 0.528. The van der Waals surface area contributed by atoms with Crippen LogP contribution in [0.25, 0.3) is 0 Å². The third-order valence-electron chi connectivity index (χ3n) is 2.04. The Morgan fingerprint density at radius 2 is 2.36 bits per heavy atom. The van der Waals surface area contributed by atoms with Gasteiger partial charge in [0.2, 0.25) is 5.16 Å². The lowest BCUT2D eigenvalue weighted by molar-refractivity contribution is 0.602. The molecule has 1 fully saturated rings. The molecule has 0 saturated carbocycles. The molecule has 1 aromatic heterocycles. The highest BCUT2D eigenvalue weighted by atomic mass is 32.2. The first kappa shape index (κ1) is 9.91. The molecular weight excluding hydrogens is 224 g/mol. The lowest BCUT2D eigenvalue weighted by Gasteiger charge is -2.03. The fraction of sp³-hybridized carbons (Fsp3) is 0.833. The highest BCUT2D eigenvalue weighted by molar-refractivity contribution is 8.01. The summed E-state index contributed by atoms with van der Waals surface area (Å²) in [7, 11) is -1.07. The van der Waals surface area contributed by atoms with Gasteiger partial charge in [-0.3, -0.25) is 0 Å². The number of hydrogen-bond acceptors (Lipinski definition) is 6. The van der Waals surface area contributed by atoms with Crippen LogP contribution < -0.4 is 0 Å². The van der Waals surface area contributed by atoms with Crippen LogP contribution in [0.15, 0.2) is 5.16 Å². The van der Waals surface area contributed by atoms with Gasteiger partial charge in [0.15, 0.2) is 9.84 Å². The fourth-order valence-corrected chi connectivity index (χ4v) is 4.72. The minimum Gasteiger partial charge on any atom is -0.229 e. The van der Waals surface area contributed by atoms with E-state index in [1.165, 1.54) is 11.8 Å². The topological polar surface area (TPSA) is 77.7 Å². The van der Waals surface area contributed by atoms with Gasteiger partial charge in [-0.1, -0.05) is 11.8 Å². The average molecular weight is 234 g/mol. The van der Waals surface area contributed by atoms with E-state index in [1.807, 2.05) is 0 Å². The summed E-state index contributed by atoms with van der Waals surface area (Å²) in [6.07, 6.45) is 0.694. The van der Waals surface area contributed by atoms with Crippen molar-refractivity contribution < 1.29 is 8.42 Å². The molecule has 78 valence electrons. The van der Waals surface area contributed by atoms with Gasteiger partial charge in [-0.05, 0) is 16.8 Å². The molecule has 8 heteroatoms. The third kappa shape index (κ3) is 2.06. The van der Waals surface area contributed by atoms with Crippen molar-refractivity contribution in [3.8, 4) is 0 Å². The molecule has 1 aromatic rings. The number of nitrogens with zero attached hydrogens (tertiary/aromatic N) is 4. The number of tetrazole rings is 1. The van der Waals surface area contributed by atoms with Crippen molar-refractivity contribution in [3.05, 3.63) is 0 Å². The number of rotatable bonds is 2. The normalized spacial score (nSPS) is 25.4. The summed E-state index contributed by atoms with van der Waals surface area (Å²) in [6.45, 7) is 0. The Morgan fingerprint density at radius 1 is 1.57 bits per heavy atom. The predicted molar refractivity (Wildman–Crippen MR) is 51.7 cm³/mol. The highest BCUT2D eigenvalue weighted by Crippen LogP contribution is 2.28. The molecule has 2 rings (SSSR count). The van der Waals surface area contributed by atoms with Crippen LogP contribution in [-0.2, 0) is 16.9 Å². The summed E-state index contributed by atoms with van der Waals surface area (Å²) in [4.78, 5) is 0. The standard InChI is InChI=1S/C6H10N4O2S2/c1-10-6(7-8-9-10)13-5-2-3-14(11,12)4-5/h5H,2-4H2,1H3. The van der Waals surface area contributed by atoms with Crippen molar-refractivity contribution in [1.82, 2.24) is 20.2 Å². The molecule has 14 heavy (non-hydrogen) atoms. The van der Waals surface area contributed by atoms with Crippen molar-refractivity contribution in [2.75, 3.05) is 11.5 Å². The van der Waals surface area contributed by atoms with Crippen LogP contribution in [0, 0.1) is 0 Å². The molecule has 1 atom stereocenters. The second-order valence-electron chi connectivity index (χ2n) is 3.23. The molecule has 1 aliphatic heterocycles. The molecule has 0 amide bonds. The van der Waals surface area contributed by atoms with Gasteiger partial charge in [0.25, 0.3) is 0 Å². The van der Waals surface area contributed by atoms with Gasteiger partial charge in [-0.25, -0.2) is 13.1 Å². The lowest BCUT2D eigenvalue weighted by Crippen LogP contribution is -2.07. The molecule has 2 heterocycles. The Balaban J connectivity index is 2.04. The molecule has 0 radical (unpaired) electrons. The predicted octanol–water partition coefficient (Wildman–Crippen LogP) is -0.511. The van der Waals surface area contributed by atoms with Crippen molar-refractivity contribution in [3.63, 3.8) is 0 Å². The van der Waals surface area contributed by atoms with Gasteiger partial charge in [0, 0.05) is 12.3 Å². The van der Waals surface area contributed by atoms with Gasteiger partial charge in [0.1, 0.15) is 0 Å². The van der Waals surface area contributed by atoms with Gasteiger partial charge in [0.05, 0.1) is 11.5 Å². The molecule has 6 nitrogen and oxygen atoms in total. The summed E-state index contributed by atoms with van der Waals surface area (Å²) < 4.78 is 23.9. The average Bonchev–Trinajstić information content (AvgIpc) is 2.61. The quantitative estimate of drug-likeness (QED) is 0.686. The van der Waals surface area contributed by atoms with Crippen molar-refractivity contribution in [2.24, 2.45) is 7.05 Å². The monoisotopic (exact) mass is 234 g/mol. The molecule has 0 N–H and O–H groups in total. The van der Waals surface area contributed by atoms with Crippen molar-refractivity contribution >= 4 is 21.6 Å². The third-order valence-corrected chi connectivity index (χ3v) is 5.32. The zero-order valence-corrected chi connectivity index (χ0v) is 9.25. The maximum absolute atomic E-state index is 11.2. The maximum atomic E-state index is 11.2. The fourth-order valence-electron chi connectivity index (χ4n) is 1.32. The zero-order chi connectivity index (χ0) is 10.2. The van der Waals surface area contributed by atoms with Gasteiger partial charge in [-0.15, -0.1) is 5.10 Å². The van der Waals surface area contributed by atoms with Gasteiger partial charge in [-0.2, -0.15) is 0 Å². The smallest absolute Gasteiger partial charge is 0.209 e. The van der Waals surface area contributed by atoms with Crippen LogP contribution in [0.5, 0.6) is 0 Å². The molecule has 1 aliphatic rings. The van der Waals surface area contributed by atoms with E-state index in [0.29, 0.717) is 11.6 Å². The number of aryl methyl sites for hydroxylation is 1. The lowest BCUT2D eigenvalue weighted by atomic mass is 10.4. The number of sulfone groups is 1. The van der Waals surface area contributed by atoms with E-state index < -0.39 is 9.84 Å². The van der Waals surface area contributed by atoms with E-state index >= 15 is 0 Å². The van der Waals surface area contributed by atoms with Crippen LogP contribution in [0.3, 0.4) is 0 Å². The second kappa shape index (κ2) is 3.50. The number of hydrogen-bond donors (Lipinski definition) is 0. The summed E-state index contributed by atoms with van der Waals surface area (Å²) in [6, 6.07) is 0. The van der Waals surface area contributed by atoms with E-state index in [9.17, 15) is 8.42 Å². The second-order valence-corrected chi connectivity index (χ2v) is 6.72. The van der Waals surface area contributed by atoms with E-state index in [1.54, 1.807) is 11.7 Å². The SMILES string of the molecule is Cn1nnnc1SC1CCS(=O)(=O)C1. The Bertz CT molecular complexity index is 427. The first-order chi connectivity index (χ1) is 6.57. The summed E-state index contributed by atoms with van der Waals surface area (Å²) >= 11 is 1.43. The van der Waals surface area contributed by atoms with E-state index in [-0.39, 0.29) is 16.8 Å². The summed E-state index contributed by atoms with van der Waals surface area (Å²) in [5, 5.41) is 11.7.